The summed E-state index contributed by atoms with van der Waals surface area (Å²) in [5.74, 6) is 6.24. The summed E-state index contributed by atoms with van der Waals surface area (Å²) in [7, 11) is -3.14. The first kappa shape index (κ1) is 16.1. The molecule has 0 aliphatic rings. The average molecular weight is 284 g/mol. The molecule has 0 aliphatic heterocycles. The summed E-state index contributed by atoms with van der Waals surface area (Å²) in [6.07, 6.45) is 4.42. The summed E-state index contributed by atoms with van der Waals surface area (Å²) in [4.78, 5) is 0.342. The lowest BCUT2D eigenvalue weighted by Crippen LogP contribution is -2.29. The van der Waals surface area contributed by atoms with Crippen LogP contribution in [-0.4, -0.2) is 14.7 Å². The van der Waals surface area contributed by atoms with E-state index in [0.29, 0.717) is 10.8 Å². The van der Waals surface area contributed by atoms with Crippen molar-refractivity contribution >= 4 is 9.84 Å². The maximum atomic E-state index is 11.4. The number of hydrogen-bond acceptors (Lipinski definition) is 4. The number of hydrogen-bond donors (Lipinski definition) is 2. The summed E-state index contributed by atoms with van der Waals surface area (Å²) < 4.78 is 22.8. The SMILES string of the molecule is CCC(CC)CC(NN)c1ccc(S(C)(=O)=O)cc1. The van der Waals surface area contributed by atoms with Gasteiger partial charge < -0.3 is 0 Å². The largest absolute Gasteiger partial charge is 0.271 e. The first-order valence-corrected chi connectivity index (χ1v) is 8.57. The summed E-state index contributed by atoms with van der Waals surface area (Å²) >= 11 is 0. The van der Waals surface area contributed by atoms with Gasteiger partial charge in [0.05, 0.1) is 4.90 Å². The zero-order valence-electron chi connectivity index (χ0n) is 11.9. The van der Waals surface area contributed by atoms with Gasteiger partial charge >= 0.3 is 0 Å². The molecule has 19 heavy (non-hydrogen) atoms. The van der Waals surface area contributed by atoms with Crippen molar-refractivity contribution in [2.24, 2.45) is 11.8 Å². The molecule has 0 aliphatic carbocycles. The van der Waals surface area contributed by atoms with Crippen LogP contribution in [0.25, 0.3) is 0 Å². The highest BCUT2D eigenvalue weighted by atomic mass is 32.2. The van der Waals surface area contributed by atoms with E-state index in [-0.39, 0.29) is 6.04 Å². The van der Waals surface area contributed by atoms with E-state index in [1.54, 1.807) is 12.1 Å². The number of benzene rings is 1. The highest BCUT2D eigenvalue weighted by molar-refractivity contribution is 7.90. The van der Waals surface area contributed by atoms with Crippen molar-refractivity contribution in [3.63, 3.8) is 0 Å². The zero-order valence-corrected chi connectivity index (χ0v) is 12.7. The average Bonchev–Trinajstić information content (AvgIpc) is 2.39. The lowest BCUT2D eigenvalue weighted by molar-refractivity contribution is 0.375. The van der Waals surface area contributed by atoms with Crippen molar-refractivity contribution in [1.82, 2.24) is 5.43 Å². The number of rotatable bonds is 7. The van der Waals surface area contributed by atoms with Crippen LogP contribution in [0.3, 0.4) is 0 Å². The topological polar surface area (TPSA) is 72.2 Å². The van der Waals surface area contributed by atoms with Gasteiger partial charge in [0, 0.05) is 12.3 Å². The Bertz CT molecular complexity index is 479. The molecule has 1 rings (SSSR count). The standard InChI is InChI=1S/C14H24N2O2S/c1-4-11(5-2)10-14(16-15)12-6-8-13(9-7-12)19(3,17)18/h6-9,11,14,16H,4-5,10,15H2,1-3H3. The van der Waals surface area contributed by atoms with Crippen molar-refractivity contribution in [2.45, 2.75) is 44.0 Å². The fourth-order valence-electron chi connectivity index (χ4n) is 2.20. The van der Waals surface area contributed by atoms with Crippen LogP contribution in [0.5, 0.6) is 0 Å². The van der Waals surface area contributed by atoms with E-state index in [0.717, 1.165) is 24.8 Å². The molecule has 3 N–H and O–H groups in total. The number of hydrazine groups is 1. The first-order chi connectivity index (χ1) is 8.92. The monoisotopic (exact) mass is 284 g/mol. The summed E-state index contributed by atoms with van der Waals surface area (Å²) in [6, 6.07) is 7.02. The molecule has 1 aromatic rings. The van der Waals surface area contributed by atoms with E-state index in [9.17, 15) is 8.42 Å². The van der Waals surface area contributed by atoms with Gasteiger partial charge in [-0.2, -0.15) is 0 Å². The summed E-state index contributed by atoms with van der Waals surface area (Å²) in [6.45, 7) is 4.35. The molecular formula is C14H24N2O2S. The minimum Gasteiger partial charge on any atom is -0.271 e. The fourth-order valence-corrected chi connectivity index (χ4v) is 2.83. The fraction of sp³-hybridized carbons (Fsp3) is 0.571. The van der Waals surface area contributed by atoms with E-state index >= 15 is 0 Å². The Morgan fingerprint density at radius 2 is 1.68 bits per heavy atom. The van der Waals surface area contributed by atoms with Crippen LogP contribution < -0.4 is 11.3 Å². The maximum Gasteiger partial charge on any atom is 0.175 e. The van der Waals surface area contributed by atoms with E-state index < -0.39 is 9.84 Å². The van der Waals surface area contributed by atoms with Crippen LogP contribution >= 0.6 is 0 Å². The van der Waals surface area contributed by atoms with E-state index in [1.807, 2.05) is 12.1 Å². The molecule has 0 saturated carbocycles. The lowest BCUT2D eigenvalue weighted by Gasteiger charge is -2.21. The van der Waals surface area contributed by atoms with Gasteiger partial charge in [-0.15, -0.1) is 0 Å². The Balaban J connectivity index is 2.88. The van der Waals surface area contributed by atoms with Crippen molar-refractivity contribution in [2.75, 3.05) is 6.26 Å². The van der Waals surface area contributed by atoms with Crippen molar-refractivity contribution < 1.29 is 8.42 Å². The zero-order chi connectivity index (χ0) is 14.5. The Kier molecular flexibility index (Phi) is 5.97. The van der Waals surface area contributed by atoms with Crippen LogP contribution in [-0.2, 0) is 9.84 Å². The third-order valence-electron chi connectivity index (χ3n) is 3.64. The number of nitrogens with two attached hydrogens (primary N) is 1. The van der Waals surface area contributed by atoms with Crippen LogP contribution in [0.2, 0.25) is 0 Å². The molecule has 0 heterocycles. The maximum absolute atomic E-state index is 11.4. The first-order valence-electron chi connectivity index (χ1n) is 6.68. The van der Waals surface area contributed by atoms with Gasteiger partial charge in [-0.05, 0) is 30.0 Å². The predicted molar refractivity (Wildman–Crippen MR) is 78.3 cm³/mol. The Morgan fingerprint density at radius 1 is 1.16 bits per heavy atom. The quantitative estimate of drug-likeness (QED) is 0.596. The van der Waals surface area contributed by atoms with Crippen molar-refractivity contribution in [1.29, 1.82) is 0 Å². The second kappa shape index (κ2) is 7.03. The van der Waals surface area contributed by atoms with Gasteiger partial charge in [-0.25, -0.2) is 8.42 Å². The summed E-state index contributed by atoms with van der Waals surface area (Å²) in [5.41, 5.74) is 3.86. The number of sulfone groups is 1. The summed E-state index contributed by atoms with van der Waals surface area (Å²) in [5, 5.41) is 0. The molecule has 0 amide bonds. The van der Waals surface area contributed by atoms with Crippen LogP contribution in [0.1, 0.15) is 44.7 Å². The molecule has 0 spiro atoms. The smallest absolute Gasteiger partial charge is 0.175 e. The number of nitrogens with one attached hydrogen (secondary N) is 1. The minimum absolute atomic E-state index is 0.0681. The molecule has 0 saturated heterocycles. The normalized spacial score (nSPS) is 13.7. The predicted octanol–water partition coefficient (Wildman–Crippen LogP) is 2.42. The molecule has 0 aromatic heterocycles. The van der Waals surface area contributed by atoms with Gasteiger partial charge in [0.2, 0.25) is 0 Å². The molecule has 5 heteroatoms. The molecule has 0 radical (unpaired) electrons. The van der Waals surface area contributed by atoms with Gasteiger partial charge in [-0.3, -0.25) is 11.3 Å². The highest BCUT2D eigenvalue weighted by Crippen LogP contribution is 2.25. The third-order valence-corrected chi connectivity index (χ3v) is 4.76. The molecule has 1 unspecified atom stereocenters. The van der Waals surface area contributed by atoms with Crippen LogP contribution in [0, 0.1) is 5.92 Å². The molecule has 1 aromatic carbocycles. The molecule has 1 atom stereocenters. The Hall–Kier alpha value is -0.910. The van der Waals surface area contributed by atoms with Gasteiger partial charge in [-0.1, -0.05) is 38.8 Å². The van der Waals surface area contributed by atoms with Gasteiger partial charge in [0.15, 0.2) is 9.84 Å². The molecule has 0 bridgehead atoms. The molecule has 4 nitrogen and oxygen atoms in total. The molecule has 108 valence electrons. The second-order valence-electron chi connectivity index (χ2n) is 4.98. The molecule has 0 fully saturated rings. The Labute approximate surface area is 116 Å². The van der Waals surface area contributed by atoms with Crippen molar-refractivity contribution in [3.05, 3.63) is 29.8 Å². The van der Waals surface area contributed by atoms with Crippen molar-refractivity contribution in [3.8, 4) is 0 Å². The van der Waals surface area contributed by atoms with Gasteiger partial charge in [0.25, 0.3) is 0 Å². The van der Waals surface area contributed by atoms with E-state index in [1.165, 1.54) is 6.26 Å². The molecular weight excluding hydrogens is 260 g/mol. The van der Waals surface area contributed by atoms with E-state index in [4.69, 9.17) is 5.84 Å². The third kappa shape index (κ3) is 4.60. The highest BCUT2D eigenvalue weighted by Gasteiger charge is 2.15. The minimum atomic E-state index is -3.14. The lowest BCUT2D eigenvalue weighted by atomic mass is 9.91. The van der Waals surface area contributed by atoms with E-state index in [2.05, 4.69) is 19.3 Å². The second-order valence-corrected chi connectivity index (χ2v) is 6.99. The van der Waals surface area contributed by atoms with Crippen LogP contribution in [0.4, 0.5) is 0 Å². The van der Waals surface area contributed by atoms with Crippen LogP contribution in [0.15, 0.2) is 29.2 Å². The van der Waals surface area contributed by atoms with Gasteiger partial charge in [0.1, 0.15) is 0 Å². The Morgan fingerprint density at radius 3 is 2.05 bits per heavy atom.